The highest BCUT2D eigenvalue weighted by molar-refractivity contribution is 5.81. The van der Waals surface area contributed by atoms with E-state index in [1.165, 1.54) is 0 Å². The Morgan fingerprint density at radius 3 is 2.33 bits per heavy atom. The Kier molecular flexibility index (Phi) is 6.40. The number of nitrogens with zero attached hydrogens (tertiary/aromatic N) is 1. The highest BCUT2D eigenvalue weighted by Crippen LogP contribution is 2.44. The molecule has 0 bridgehead atoms. The third kappa shape index (κ3) is 4.72. The van der Waals surface area contributed by atoms with Gasteiger partial charge in [0.1, 0.15) is 6.61 Å². The Balaban J connectivity index is 1.31. The van der Waals surface area contributed by atoms with Crippen LogP contribution in [0, 0.1) is 5.41 Å². The summed E-state index contributed by atoms with van der Waals surface area (Å²) in [5.41, 5.74) is 3.69. The number of carboxylic acids is 1. The third-order valence-electron chi connectivity index (χ3n) is 6.75. The molecule has 1 fully saturated rings. The molecule has 7 nitrogen and oxygen atoms in total. The van der Waals surface area contributed by atoms with Crippen molar-refractivity contribution in [3.05, 3.63) is 59.7 Å². The normalized spacial score (nSPS) is 20.5. The number of carboxylic acid groups (broad SMARTS) is 1. The summed E-state index contributed by atoms with van der Waals surface area (Å²) in [6.45, 7) is 4.37. The van der Waals surface area contributed by atoms with Crippen LogP contribution in [0.5, 0.6) is 0 Å². The number of ether oxygens (including phenoxy) is 1. The van der Waals surface area contributed by atoms with E-state index in [4.69, 9.17) is 4.74 Å². The molecule has 174 valence electrons. The summed E-state index contributed by atoms with van der Waals surface area (Å²) in [5, 5.41) is 12.2. The first-order valence-corrected chi connectivity index (χ1v) is 11.4. The van der Waals surface area contributed by atoms with Crippen LogP contribution in [0.2, 0.25) is 0 Å². The topological polar surface area (TPSA) is 95.9 Å². The lowest BCUT2D eigenvalue weighted by Gasteiger charge is -2.38. The third-order valence-corrected chi connectivity index (χ3v) is 6.75. The average Bonchev–Trinajstić information content (AvgIpc) is 3.11. The maximum Gasteiger partial charge on any atom is 0.407 e. The predicted octanol–water partition coefficient (Wildman–Crippen LogP) is 4.02. The number of carbonyl (C=O) groups excluding carboxylic acids is 2. The lowest BCUT2D eigenvalue weighted by atomic mass is 9.82. The van der Waals surface area contributed by atoms with Gasteiger partial charge in [-0.15, -0.1) is 0 Å². The quantitative estimate of drug-likeness (QED) is 0.693. The van der Waals surface area contributed by atoms with Gasteiger partial charge in [-0.3, -0.25) is 9.59 Å². The van der Waals surface area contributed by atoms with Crippen LogP contribution < -0.4 is 5.32 Å². The number of benzene rings is 2. The van der Waals surface area contributed by atoms with Gasteiger partial charge >= 0.3 is 12.1 Å². The molecule has 2 unspecified atom stereocenters. The van der Waals surface area contributed by atoms with Gasteiger partial charge in [0.15, 0.2) is 0 Å². The Hall–Kier alpha value is -3.35. The van der Waals surface area contributed by atoms with Gasteiger partial charge in [0.25, 0.3) is 0 Å². The first-order valence-electron chi connectivity index (χ1n) is 11.4. The molecule has 2 aromatic carbocycles. The summed E-state index contributed by atoms with van der Waals surface area (Å²) in [7, 11) is 0. The van der Waals surface area contributed by atoms with Crippen molar-refractivity contribution in [1.29, 1.82) is 0 Å². The molecule has 33 heavy (non-hydrogen) atoms. The van der Waals surface area contributed by atoms with Crippen molar-refractivity contribution >= 4 is 18.0 Å². The van der Waals surface area contributed by atoms with Gasteiger partial charge in [-0.25, -0.2) is 4.79 Å². The van der Waals surface area contributed by atoms with E-state index in [0.29, 0.717) is 19.4 Å². The fourth-order valence-electron chi connectivity index (χ4n) is 4.91. The zero-order valence-corrected chi connectivity index (χ0v) is 19.0. The second kappa shape index (κ2) is 9.25. The number of rotatable bonds is 6. The largest absolute Gasteiger partial charge is 0.481 e. The number of hydrogen-bond donors (Lipinski definition) is 2. The summed E-state index contributed by atoms with van der Waals surface area (Å²) >= 11 is 0. The number of amides is 2. The number of piperidine rings is 1. The van der Waals surface area contributed by atoms with Crippen LogP contribution in [0.25, 0.3) is 11.1 Å². The molecule has 1 saturated heterocycles. The predicted molar refractivity (Wildman–Crippen MR) is 124 cm³/mol. The highest BCUT2D eigenvalue weighted by Gasteiger charge is 2.39. The van der Waals surface area contributed by atoms with Crippen LogP contribution in [0.4, 0.5) is 4.79 Å². The van der Waals surface area contributed by atoms with E-state index in [0.717, 1.165) is 22.3 Å². The Morgan fingerprint density at radius 2 is 1.73 bits per heavy atom. The van der Waals surface area contributed by atoms with E-state index >= 15 is 0 Å². The minimum absolute atomic E-state index is 0.0258. The van der Waals surface area contributed by atoms with Crippen LogP contribution in [-0.2, 0) is 14.3 Å². The van der Waals surface area contributed by atoms with Gasteiger partial charge in [-0.05, 0) is 48.9 Å². The van der Waals surface area contributed by atoms with Gasteiger partial charge in [0.05, 0.1) is 5.41 Å². The van der Waals surface area contributed by atoms with E-state index in [-0.39, 0.29) is 31.4 Å². The summed E-state index contributed by atoms with van der Waals surface area (Å²) < 4.78 is 5.55. The van der Waals surface area contributed by atoms with E-state index in [2.05, 4.69) is 29.6 Å². The summed E-state index contributed by atoms with van der Waals surface area (Å²) in [6.07, 6.45) is 0.744. The van der Waals surface area contributed by atoms with Crippen LogP contribution in [0.3, 0.4) is 0 Å². The zero-order valence-electron chi connectivity index (χ0n) is 19.0. The van der Waals surface area contributed by atoms with Gasteiger partial charge in [0.2, 0.25) is 5.91 Å². The molecule has 2 aromatic rings. The van der Waals surface area contributed by atoms with E-state index < -0.39 is 23.5 Å². The summed E-state index contributed by atoms with van der Waals surface area (Å²) in [5.74, 6) is -1.07. The molecule has 0 aromatic heterocycles. The van der Waals surface area contributed by atoms with Crippen molar-refractivity contribution in [3.8, 4) is 11.1 Å². The van der Waals surface area contributed by atoms with E-state index in [1.54, 1.807) is 18.7 Å². The maximum absolute atomic E-state index is 12.7. The number of alkyl carbamates (subject to hydrolysis) is 1. The number of fused-ring (bicyclic) bond motifs is 3. The van der Waals surface area contributed by atoms with Crippen molar-refractivity contribution in [2.75, 3.05) is 19.7 Å². The van der Waals surface area contributed by atoms with Crippen LogP contribution in [0.1, 0.15) is 50.2 Å². The molecule has 2 amide bonds. The lowest BCUT2D eigenvalue weighted by Crippen LogP contribution is -2.49. The Labute approximate surface area is 193 Å². The van der Waals surface area contributed by atoms with Gasteiger partial charge in [0, 0.05) is 31.5 Å². The fourth-order valence-corrected chi connectivity index (χ4v) is 4.91. The number of likely N-dealkylation sites (tertiary alicyclic amines) is 1. The molecular formula is C26H30N2O5. The molecule has 2 aliphatic rings. The number of hydrogen-bond acceptors (Lipinski definition) is 4. The van der Waals surface area contributed by atoms with Crippen molar-refractivity contribution in [1.82, 2.24) is 10.2 Å². The van der Waals surface area contributed by atoms with Gasteiger partial charge < -0.3 is 20.1 Å². The molecule has 1 aliphatic carbocycles. The average molecular weight is 451 g/mol. The first-order chi connectivity index (χ1) is 15.8. The molecule has 4 rings (SSSR count). The highest BCUT2D eigenvalue weighted by atomic mass is 16.5. The maximum atomic E-state index is 12.7. The monoisotopic (exact) mass is 450 g/mol. The SMILES string of the molecule is CC(CC(=O)N1CCCC(C)(C(=O)O)C1)NC(=O)OCC1c2ccccc2-c2ccccc21. The fraction of sp³-hybridized carbons (Fsp3) is 0.423. The molecule has 0 spiro atoms. The van der Waals surface area contributed by atoms with Crippen molar-refractivity contribution in [3.63, 3.8) is 0 Å². The summed E-state index contributed by atoms with van der Waals surface area (Å²) in [4.78, 5) is 38.3. The van der Waals surface area contributed by atoms with Crippen LogP contribution in [0.15, 0.2) is 48.5 Å². The number of carbonyl (C=O) groups is 3. The molecule has 2 atom stereocenters. The molecule has 1 aliphatic heterocycles. The molecular weight excluding hydrogens is 420 g/mol. The van der Waals surface area contributed by atoms with Crippen molar-refractivity contribution in [2.24, 2.45) is 5.41 Å². The smallest absolute Gasteiger partial charge is 0.407 e. The van der Waals surface area contributed by atoms with Crippen molar-refractivity contribution < 1.29 is 24.2 Å². The van der Waals surface area contributed by atoms with E-state index in [9.17, 15) is 19.5 Å². The van der Waals surface area contributed by atoms with Gasteiger partial charge in [-0.2, -0.15) is 0 Å². The Morgan fingerprint density at radius 1 is 1.12 bits per heavy atom. The standard InChI is InChI=1S/C26H30N2O5/c1-17(14-23(29)28-13-7-12-26(2,16-28)24(30)31)27-25(32)33-15-22-20-10-5-3-8-18(20)19-9-4-6-11-21(19)22/h3-6,8-11,17,22H,7,12-16H2,1-2H3,(H,27,32)(H,30,31). The second-order valence-corrected chi connectivity index (χ2v) is 9.36. The second-order valence-electron chi connectivity index (χ2n) is 9.36. The molecule has 0 radical (unpaired) electrons. The molecule has 0 saturated carbocycles. The van der Waals surface area contributed by atoms with Crippen LogP contribution >= 0.6 is 0 Å². The van der Waals surface area contributed by atoms with Gasteiger partial charge in [-0.1, -0.05) is 48.5 Å². The number of nitrogens with one attached hydrogen (secondary N) is 1. The van der Waals surface area contributed by atoms with Crippen molar-refractivity contribution in [2.45, 2.75) is 45.1 Å². The zero-order chi connectivity index (χ0) is 23.6. The lowest BCUT2D eigenvalue weighted by molar-refractivity contribution is -0.153. The Bertz CT molecular complexity index is 1020. The molecule has 2 N–H and O–H groups in total. The molecule has 7 heteroatoms. The minimum atomic E-state index is -0.919. The number of aliphatic carboxylic acids is 1. The van der Waals surface area contributed by atoms with E-state index in [1.807, 2.05) is 24.3 Å². The minimum Gasteiger partial charge on any atom is -0.481 e. The first kappa shape index (κ1) is 22.8. The van der Waals surface area contributed by atoms with Crippen LogP contribution in [-0.4, -0.2) is 53.7 Å². The summed E-state index contributed by atoms with van der Waals surface area (Å²) in [6, 6.07) is 15.8. The molecule has 1 heterocycles.